The summed E-state index contributed by atoms with van der Waals surface area (Å²) in [4.78, 5) is 37.2. The van der Waals surface area contributed by atoms with Crippen molar-refractivity contribution in [2.24, 2.45) is 0 Å². The first-order valence-electron chi connectivity index (χ1n) is 22.5. The van der Waals surface area contributed by atoms with E-state index in [1.807, 2.05) is 0 Å². The largest absolute Gasteiger partial charge is 0.462 e. The number of ether oxygens (including phenoxy) is 3. The zero-order chi connectivity index (χ0) is 37.3. The molecule has 0 aromatic heterocycles. The van der Waals surface area contributed by atoms with E-state index in [-0.39, 0.29) is 31.1 Å². The van der Waals surface area contributed by atoms with Crippen LogP contribution in [-0.4, -0.2) is 37.2 Å². The lowest BCUT2D eigenvalue weighted by Crippen LogP contribution is -2.30. The Hall–Kier alpha value is -1.59. The Balaban J connectivity index is 3.91. The third kappa shape index (κ3) is 39.5. The first-order chi connectivity index (χ1) is 25.0. The second kappa shape index (κ2) is 41.2. The molecule has 0 spiro atoms. The number of rotatable bonds is 41. The summed E-state index contributed by atoms with van der Waals surface area (Å²) in [6.07, 6.45) is 41.6. The van der Waals surface area contributed by atoms with Gasteiger partial charge in [0.1, 0.15) is 13.2 Å². The summed E-state index contributed by atoms with van der Waals surface area (Å²) in [6, 6.07) is 0. The van der Waals surface area contributed by atoms with Crippen LogP contribution in [-0.2, 0) is 28.6 Å². The topological polar surface area (TPSA) is 78.9 Å². The normalized spacial score (nSPS) is 11.8. The fourth-order valence-electron chi connectivity index (χ4n) is 6.68. The predicted molar refractivity (Wildman–Crippen MR) is 215 cm³/mol. The molecule has 0 bridgehead atoms. The number of esters is 3. The van der Waals surface area contributed by atoms with Crippen molar-refractivity contribution in [1.29, 1.82) is 0 Å². The van der Waals surface area contributed by atoms with Crippen LogP contribution in [0.3, 0.4) is 0 Å². The molecule has 0 N–H and O–H groups in total. The highest BCUT2D eigenvalue weighted by Gasteiger charge is 2.19. The predicted octanol–water partition coefficient (Wildman–Crippen LogP) is 14.1. The molecule has 0 radical (unpaired) electrons. The van der Waals surface area contributed by atoms with E-state index in [4.69, 9.17) is 14.2 Å². The van der Waals surface area contributed by atoms with Gasteiger partial charge in [-0.25, -0.2) is 0 Å². The third-order valence-electron chi connectivity index (χ3n) is 10.1. The van der Waals surface area contributed by atoms with Crippen LogP contribution in [0.15, 0.2) is 0 Å². The van der Waals surface area contributed by atoms with Crippen molar-refractivity contribution in [1.82, 2.24) is 0 Å². The molecule has 0 aromatic carbocycles. The molecule has 0 fully saturated rings. The van der Waals surface area contributed by atoms with Crippen LogP contribution in [0, 0.1) is 0 Å². The van der Waals surface area contributed by atoms with Crippen molar-refractivity contribution in [3.8, 4) is 0 Å². The molecule has 51 heavy (non-hydrogen) atoms. The van der Waals surface area contributed by atoms with Crippen LogP contribution in [0.4, 0.5) is 0 Å². The standard InChI is InChI=1S/C45H86O6/c1-4-7-10-13-15-16-17-18-19-20-21-22-23-24-25-26-27-28-29-30-33-35-38-44(47)50-41-42(40-49-43(46)37-34-31-12-9-6-3)51-45(48)39-36-32-14-11-8-5-2/h42H,4-41H2,1-3H3. The van der Waals surface area contributed by atoms with Crippen LogP contribution in [0.25, 0.3) is 0 Å². The van der Waals surface area contributed by atoms with Gasteiger partial charge in [-0.2, -0.15) is 0 Å². The first-order valence-corrected chi connectivity index (χ1v) is 22.5. The second-order valence-electron chi connectivity index (χ2n) is 15.3. The smallest absolute Gasteiger partial charge is 0.306 e. The van der Waals surface area contributed by atoms with E-state index < -0.39 is 6.10 Å². The molecule has 0 rings (SSSR count). The molecule has 302 valence electrons. The second-order valence-corrected chi connectivity index (χ2v) is 15.3. The molecule has 6 nitrogen and oxygen atoms in total. The van der Waals surface area contributed by atoms with Gasteiger partial charge in [0.05, 0.1) is 0 Å². The summed E-state index contributed by atoms with van der Waals surface area (Å²) >= 11 is 0. The van der Waals surface area contributed by atoms with Gasteiger partial charge in [0, 0.05) is 19.3 Å². The molecule has 0 aliphatic rings. The van der Waals surface area contributed by atoms with Gasteiger partial charge in [0.15, 0.2) is 6.10 Å². The SMILES string of the molecule is CCCCCCCCCCCCCCCCCCCCCCCCC(=O)OCC(COC(=O)CCCCCCC)OC(=O)CCCCCCCC. The molecular weight excluding hydrogens is 636 g/mol. The van der Waals surface area contributed by atoms with E-state index in [1.54, 1.807) is 0 Å². The molecule has 1 unspecified atom stereocenters. The van der Waals surface area contributed by atoms with Gasteiger partial charge >= 0.3 is 17.9 Å². The van der Waals surface area contributed by atoms with E-state index in [2.05, 4.69) is 20.8 Å². The number of hydrogen-bond donors (Lipinski definition) is 0. The van der Waals surface area contributed by atoms with Gasteiger partial charge in [-0.1, -0.05) is 213 Å². The van der Waals surface area contributed by atoms with Gasteiger partial charge in [-0.15, -0.1) is 0 Å². The molecule has 0 aliphatic carbocycles. The van der Waals surface area contributed by atoms with Crippen LogP contribution in [0.1, 0.15) is 252 Å². The molecule has 0 aliphatic heterocycles. The summed E-state index contributed by atoms with van der Waals surface area (Å²) in [5.41, 5.74) is 0. The lowest BCUT2D eigenvalue weighted by Gasteiger charge is -2.18. The fraction of sp³-hybridized carbons (Fsp3) is 0.933. The molecular formula is C45H86O6. The molecule has 0 saturated carbocycles. The minimum atomic E-state index is -0.755. The minimum Gasteiger partial charge on any atom is -0.462 e. The van der Waals surface area contributed by atoms with Crippen LogP contribution < -0.4 is 0 Å². The third-order valence-corrected chi connectivity index (χ3v) is 10.1. The van der Waals surface area contributed by atoms with E-state index in [0.29, 0.717) is 19.3 Å². The van der Waals surface area contributed by atoms with Gasteiger partial charge in [0.25, 0.3) is 0 Å². The number of unbranched alkanes of at least 4 members (excludes halogenated alkanes) is 30. The maximum atomic E-state index is 12.5. The van der Waals surface area contributed by atoms with Crippen molar-refractivity contribution < 1.29 is 28.6 Å². The average molecular weight is 723 g/mol. The molecule has 0 aromatic rings. The minimum absolute atomic E-state index is 0.0653. The average Bonchev–Trinajstić information content (AvgIpc) is 3.12. The maximum Gasteiger partial charge on any atom is 0.306 e. The van der Waals surface area contributed by atoms with Gasteiger partial charge in [-0.3, -0.25) is 14.4 Å². The Bertz CT molecular complexity index is 753. The molecule has 1 atom stereocenters. The molecule has 0 amide bonds. The van der Waals surface area contributed by atoms with E-state index in [9.17, 15) is 14.4 Å². The fourth-order valence-corrected chi connectivity index (χ4v) is 6.68. The summed E-state index contributed by atoms with van der Waals surface area (Å²) in [5.74, 6) is -0.881. The van der Waals surface area contributed by atoms with Crippen molar-refractivity contribution in [2.75, 3.05) is 13.2 Å². The van der Waals surface area contributed by atoms with Crippen LogP contribution >= 0.6 is 0 Å². The first kappa shape index (κ1) is 49.4. The quantitative estimate of drug-likeness (QED) is 0.0355. The lowest BCUT2D eigenvalue weighted by molar-refractivity contribution is -0.167. The summed E-state index contributed by atoms with van der Waals surface area (Å²) in [7, 11) is 0. The van der Waals surface area contributed by atoms with Gasteiger partial charge < -0.3 is 14.2 Å². The Kier molecular flexibility index (Phi) is 39.9. The van der Waals surface area contributed by atoms with Crippen molar-refractivity contribution in [3.05, 3.63) is 0 Å². The molecule has 0 saturated heterocycles. The van der Waals surface area contributed by atoms with Gasteiger partial charge in [-0.05, 0) is 19.3 Å². The monoisotopic (exact) mass is 723 g/mol. The summed E-state index contributed by atoms with van der Waals surface area (Å²) in [5, 5.41) is 0. The lowest BCUT2D eigenvalue weighted by atomic mass is 10.0. The number of carbonyl (C=O) groups excluding carboxylic acids is 3. The van der Waals surface area contributed by atoms with Crippen LogP contribution in [0.5, 0.6) is 0 Å². The van der Waals surface area contributed by atoms with Crippen molar-refractivity contribution in [3.63, 3.8) is 0 Å². The van der Waals surface area contributed by atoms with Crippen molar-refractivity contribution in [2.45, 2.75) is 258 Å². The number of carbonyl (C=O) groups is 3. The highest BCUT2D eigenvalue weighted by molar-refractivity contribution is 5.71. The Morgan fingerprint density at radius 1 is 0.314 bits per heavy atom. The zero-order valence-electron chi connectivity index (χ0n) is 34.4. The van der Waals surface area contributed by atoms with Crippen molar-refractivity contribution >= 4 is 17.9 Å². The summed E-state index contributed by atoms with van der Waals surface area (Å²) in [6.45, 7) is 6.51. The maximum absolute atomic E-state index is 12.5. The van der Waals surface area contributed by atoms with E-state index in [1.165, 1.54) is 148 Å². The van der Waals surface area contributed by atoms with Crippen LogP contribution in [0.2, 0.25) is 0 Å². The highest BCUT2D eigenvalue weighted by Crippen LogP contribution is 2.16. The Labute approximate surface area is 317 Å². The summed E-state index contributed by atoms with van der Waals surface area (Å²) < 4.78 is 16.5. The number of hydrogen-bond acceptors (Lipinski definition) is 6. The highest BCUT2D eigenvalue weighted by atomic mass is 16.6. The molecule has 0 heterocycles. The zero-order valence-corrected chi connectivity index (χ0v) is 34.4. The Morgan fingerprint density at radius 2 is 0.529 bits per heavy atom. The Morgan fingerprint density at radius 3 is 0.784 bits per heavy atom. The molecule has 6 heteroatoms. The van der Waals surface area contributed by atoms with Gasteiger partial charge in [0.2, 0.25) is 0 Å². The van der Waals surface area contributed by atoms with E-state index >= 15 is 0 Å². The van der Waals surface area contributed by atoms with E-state index in [0.717, 1.165) is 64.2 Å².